The number of hydrogen-bond donors (Lipinski definition) is 0. The summed E-state index contributed by atoms with van der Waals surface area (Å²) in [6.45, 7) is 9.29. The summed E-state index contributed by atoms with van der Waals surface area (Å²) in [5.74, 6) is 1.55. The summed E-state index contributed by atoms with van der Waals surface area (Å²) < 4.78 is 11.6. The minimum Gasteiger partial charge on any atom is -0.491 e. The van der Waals surface area contributed by atoms with Crippen LogP contribution in [0.3, 0.4) is 0 Å². The van der Waals surface area contributed by atoms with Crippen LogP contribution in [-0.4, -0.2) is 41.3 Å². The van der Waals surface area contributed by atoms with Crippen LogP contribution in [0.5, 0.6) is 5.75 Å². The van der Waals surface area contributed by atoms with Gasteiger partial charge in [-0.15, -0.1) is 11.3 Å². The molecule has 1 aliphatic heterocycles. The minimum atomic E-state index is -0.212. The van der Waals surface area contributed by atoms with Crippen LogP contribution in [0.15, 0.2) is 58.5 Å². The Kier molecular flexibility index (Phi) is 7.96. The number of thiophene rings is 1. The molecule has 0 unspecified atom stereocenters. The maximum absolute atomic E-state index is 13.6. The first-order valence-electron chi connectivity index (χ1n) is 12.2. The molecule has 1 atom stereocenters. The fraction of sp³-hybridized carbons (Fsp3) is 0.429. The topological polar surface area (TPSA) is 63.0 Å². The molecule has 0 aliphatic carbocycles. The van der Waals surface area contributed by atoms with Crippen molar-refractivity contribution in [1.29, 1.82) is 0 Å². The first-order valence-corrected chi connectivity index (χ1v) is 13.1. The molecule has 0 saturated heterocycles. The van der Waals surface area contributed by atoms with Crippen LogP contribution in [0.4, 0.5) is 0 Å². The molecule has 0 saturated carbocycles. The van der Waals surface area contributed by atoms with E-state index >= 15 is 0 Å². The van der Waals surface area contributed by atoms with Crippen LogP contribution in [-0.2, 0) is 22.6 Å². The maximum Gasteiger partial charge on any atom is 0.242 e. The first kappa shape index (κ1) is 25.0. The molecule has 6 nitrogen and oxygen atoms in total. The van der Waals surface area contributed by atoms with E-state index in [-0.39, 0.29) is 36.9 Å². The number of nitrogens with zero attached hydrogens (tertiary/aromatic N) is 2. The number of ether oxygens (including phenoxy) is 1. The van der Waals surface area contributed by atoms with Crippen LogP contribution in [0.25, 0.3) is 0 Å². The van der Waals surface area contributed by atoms with E-state index in [1.807, 2.05) is 36.9 Å². The van der Waals surface area contributed by atoms with Crippen molar-refractivity contribution in [3.63, 3.8) is 0 Å². The van der Waals surface area contributed by atoms with Gasteiger partial charge in [0.05, 0.1) is 18.8 Å². The van der Waals surface area contributed by atoms with Gasteiger partial charge >= 0.3 is 0 Å². The monoisotopic (exact) mass is 494 g/mol. The number of carbonyl (C=O) groups excluding carboxylic acids is 2. The van der Waals surface area contributed by atoms with Crippen LogP contribution in [0, 0.1) is 5.92 Å². The number of benzene rings is 1. The number of hydrogen-bond acceptors (Lipinski definition) is 5. The van der Waals surface area contributed by atoms with Gasteiger partial charge in [0.25, 0.3) is 0 Å². The second kappa shape index (κ2) is 11.1. The Morgan fingerprint density at radius 3 is 2.57 bits per heavy atom. The van der Waals surface area contributed by atoms with E-state index in [1.54, 1.807) is 28.6 Å². The van der Waals surface area contributed by atoms with Gasteiger partial charge in [-0.25, -0.2) is 0 Å². The zero-order chi connectivity index (χ0) is 24.9. The van der Waals surface area contributed by atoms with E-state index in [1.165, 1.54) is 10.4 Å². The van der Waals surface area contributed by atoms with Gasteiger partial charge in [-0.3, -0.25) is 9.59 Å². The normalized spacial score (nSPS) is 15.4. The van der Waals surface area contributed by atoms with Gasteiger partial charge in [0.15, 0.2) is 0 Å². The number of amides is 2. The Bertz CT molecular complexity index is 1120. The van der Waals surface area contributed by atoms with Crippen molar-refractivity contribution < 1.29 is 18.7 Å². The van der Waals surface area contributed by atoms with E-state index in [9.17, 15) is 9.59 Å². The Morgan fingerprint density at radius 1 is 1.14 bits per heavy atom. The lowest BCUT2D eigenvalue weighted by Crippen LogP contribution is -2.48. The summed E-state index contributed by atoms with van der Waals surface area (Å²) in [5, 5.41) is 2.08. The van der Waals surface area contributed by atoms with Crippen molar-refractivity contribution in [2.24, 2.45) is 5.92 Å². The first-order chi connectivity index (χ1) is 16.8. The van der Waals surface area contributed by atoms with E-state index in [0.29, 0.717) is 24.8 Å². The number of furan rings is 1. The Balaban J connectivity index is 1.50. The molecular weight excluding hydrogens is 460 g/mol. The predicted molar refractivity (Wildman–Crippen MR) is 137 cm³/mol. The smallest absolute Gasteiger partial charge is 0.242 e. The molecule has 0 spiro atoms. The molecule has 3 aromatic rings. The molecule has 0 fully saturated rings. The van der Waals surface area contributed by atoms with Crippen LogP contribution in [0.1, 0.15) is 61.4 Å². The third-order valence-electron chi connectivity index (χ3n) is 6.43. The Hall–Kier alpha value is -3.06. The third-order valence-corrected chi connectivity index (χ3v) is 7.42. The molecular formula is C28H34N2O4S. The van der Waals surface area contributed by atoms with Crippen LogP contribution >= 0.6 is 11.3 Å². The maximum atomic E-state index is 13.6. The summed E-state index contributed by atoms with van der Waals surface area (Å²) in [4.78, 5) is 31.3. The highest BCUT2D eigenvalue weighted by molar-refractivity contribution is 7.10. The quantitative estimate of drug-likeness (QED) is 0.385. The molecule has 0 bridgehead atoms. The van der Waals surface area contributed by atoms with E-state index in [4.69, 9.17) is 9.15 Å². The fourth-order valence-corrected chi connectivity index (χ4v) is 5.35. The summed E-state index contributed by atoms with van der Waals surface area (Å²) >= 11 is 1.72. The third kappa shape index (κ3) is 5.96. The van der Waals surface area contributed by atoms with Crippen LogP contribution < -0.4 is 4.74 Å². The zero-order valence-corrected chi connectivity index (χ0v) is 21.7. The summed E-state index contributed by atoms with van der Waals surface area (Å²) in [6, 6.07) is 13.7. The van der Waals surface area contributed by atoms with Gasteiger partial charge in [-0.2, -0.15) is 0 Å². The van der Waals surface area contributed by atoms with E-state index < -0.39 is 0 Å². The Labute approximate surface area is 211 Å². The zero-order valence-electron chi connectivity index (χ0n) is 20.9. The summed E-state index contributed by atoms with van der Waals surface area (Å²) in [6.07, 6.45) is 2.40. The molecule has 186 valence electrons. The van der Waals surface area contributed by atoms with Gasteiger partial charge < -0.3 is 19.0 Å². The Morgan fingerprint density at radius 2 is 1.91 bits per heavy atom. The fourth-order valence-electron chi connectivity index (χ4n) is 4.42. The van der Waals surface area contributed by atoms with Gasteiger partial charge in [0.2, 0.25) is 11.8 Å². The second-order valence-electron chi connectivity index (χ2n) is 9.62. The van der Waals surface area contributed by atoms with Crippen molar-refractivity contribution in [2.75, 3.05) is 19.7 Å². The highest BCUT2D eigenvalue weighted by atomic mass is 32.1. The lowest BCUT2D eigenvalue weighted by molar-refractivity contribution is -0.145. The predicted octanol–water partition coefficient (Wildman–Crippen LogP) is 5.65. The largest absolute Gasteiger partial charge is 0.491 e. The molecule has 1 aromatic carbocycles. The molecule has 2 amide bonds. The molecule has 4 rings (SSSR count). The lowest BCUT2D eigenvalue weighted by atomic mass is 10.00. The molecule has 35 heavy (non-hydrogen) atoms. The summed E-state index contributed by atoms with van der Waals surface area (Å²) in [7, 11) is 0. The van der Waals surface area contributed by atoms with E-state index in [0.717, 1.165) is 17.7 Å². The lowest BCUT2D eigenvalue weighted by Gasteiger charge is -2.37. The molecule has 3 heterocycles. The molecule has 0 radical (unpaired) electrons. The summed E-state index contributed by atoms with van der Waals surface area (Å²) in [5.41, 5.74) is 2.40. The number of carbonyl (C=O) groups is 2. The molecule has 0 N–H and O–H groups in total. The molecule has 1 aliphatic rings. The number of rotatable bonds is 9. The van der Waals surface area contributed by atoms with Crippen molar-refractivity contribution in [1.82, 2.24) is 9.80 Å². The van der Waals surface area contributed by atoms with Crippen molar-refractivity contribution in [3.8, 4) is 5.75 Å². The average molecular weight is 495 g/mol. The molecule has 2 aromatic heterocycles. The standard InChI is InChI=1S/C28H34N2O4S/c1-19(2)21-7-9-22(10-8-21)34-18-25-24-12-15-35-26(24)11-13-30(25)27(31)17-29(28(32)20(3)4)16-23-6-5-14-33-23/h5-10,12,14-15,19-20,25H,11,13,16-18H2,1-4H3/t25-/m0/s1. The number of fused-ring (bicyclic) bond motifs is 1. The van der Waals surface area contributed by atoms with Crippen molar-refractivity contribution >= 4 is 23.2 Å². The van der Waals surface area contributed by atoms with Gasteiger partial charge in [-0.05, 0) is 59.2 Å². The molecule has 7 heteroatoms. The van der Waals surface area contributed by atoms with Crippen molar-refractivity contribution in [2.45, 2.75) is 52.6 Å². The van der Waals surface area contributed by atoms with Gasteiger partial charge in [-0.1, -0.05) is 39.8 Å². The minimum absolute atomic E-state index is 0.0107. The highest BCUT2D eigenvalue weighted by Gasteiger charge is 2.34. The van der Waals surface area contributed by atoms with Crippen molar-refractivity contribution in [3.05, 3.63) is 75.9 Å². The van der Waals surface area contributed by atoms with Gasteiger partial charge in [0, 0.05) is 17.3 Å². The SMILES string of the molecule is CC(C)C(=O)N(CC(=O)N1CCc2sccc2[C@@H]1COc1ccc(C(C)C)cc1)Cc1ccco1. The average Bonchev–Trinajstić information content (AvgIpc) is 3.53. The highest BCUT2D eigenvalue weighted by Crippen LogP contribution is 2.34. The van der Waals surface area contributed by atoms with Gasteiger partial charge in [0.1, 0.15) is 24.7 Å². The van der Waals surface area contributed by atoms with Crippen LogP contribution in [0.2, 0.25) is 0 Å². The van der Waals surface area contributed by atoms with E-state index in [2.05, 4.69) is 37.4 Å². The second-order valence-corrected chi connectivity index (χ2v) is 10.6.